The number of hydrogen-bond acceptors (Lipinski definition) is 5. The van der Waals surface area contributed by atoms with Gasteiger partial charge in [0.2, 0.25) is 15.9 Å². The number of likely N-dealkylation sites (N-methyl/N-ethyl adjacent to an activating group) is 1. The van der Waals surface area contributed by atoms with Gasteiger partial charge in [0.05, 0.1) is 6.26 Å². The number of fused-ring (bicyclic) bond motifs is 1. The molecule has 0 saturated carbocycles. The maximum Gasteiger partial charge on any atom is 0.289 e. The minimum absolute atomic E-state index is 0.0537. The van der Waals surface area contributed by atoms with Crippen LogP contribution in [-0.4, -0.2) is 67.9 Å². The van der Waals surface area contributed by atoms with Gasteiger partial charge in [-0.05, 0) is 31.4 Å². The Morgan fingerprint density at radius 3 is 2.54 bits per heavy atom. The van der Waals surface area contributed by atoms with E-state index in [1.54, 1.807) is 24.0 Å². The number of likely N-dealkylation sites (tertiary alicyclic amines) is 1. The van der Waals surface area contributed by atoms with E-state index >= 15 is 0 Å². The maximum atomic E-state index is 12.5. The van der Waals surface area contributed by atoms with Gasteiger partial charge in [-0.25, -0.2) is 8.42 Å². The van der Waals surface area contributed by atoms with E-state index in [4.69, 9.17) is 4.42 Å². The molecule has 1 aromatic rings. The van der Waals surface area contributed by atoms with Gasteiger partial charge in [-0.2, -0.15) is 4.31 Å². The molecule has 1 aromatic heterocycles. The number of amides is 2. The summed E-state index contributed by atoms with van der Waals surface area (Å²) in [7, 11) is -2.07. The van der Waals surface area contributed by atoms with E-state index < -0.39 is 16.1 Å². The maximum absolute atomic E-state index is 12.5. The van der Waals surface area contributed by atoms with Crippen LogP contribution < -0.4 is 5.32 Å². The van der Waals surface area contributed by atoms with Crippen molar-refractivity contribution >= 4 is 21.8 Å². The van der Waals surface area contributed by atoms with Crippen LogP contribution in [0.4, 0.5) is 0 Å². The van der Waals surface area contributed by atoms with Crippen molar-refractivity contribution in [2.24, 2.45) is 5.92 Å². The van der Waals surface area contributed by atoms with Gasteiger partial charge in [0.1, 0.15) is 11.8 Å². The van der Waals surface area contributed by atoms with Crippen LogP contribution in [0.1, 0.15) is 22.7 Å². The highest BCUT2D eigenvalue weighted by Gasteiger charge is 2.53. The molecule has 3 atom stereocenters. The highest BCUT2D eigenvalue weighted by Crippen LogP contribution is 2.38. The first-order valence-electron chi connectivity index (χ1n) is 7.78. The van der Waals surface area contributed by atoms with Crippen molar-refractivity contribution in [3.63, 3.8) is 0 Å². The van der Waals surface area contributed by atoms with Crippen molar-refractivity contribution in [3.8, 4) is 0 Å². The van der Waals surface area contributed by atoms with Gasteiger partial charge in [0, 0.05) is 26.2 Å². The van der Waals surface area contributed by atoms with Crippen molar-refractivity contribution in [2.45, 2.75) is 25.4 Å². The Balaban J connectivity index is 1.82. The standard InChI is InChI=1S/C15H21N3O5S/c1-9-4-5-13(23-9)15(20)17-7-10-6-11(14(19)16-2)18(12(10)8-17)24(3,21)22/h4-5,10-12H,6-8H2,1-3H3,(H,16,19)/t10-,11-,12+/m0/s1. The van der Waals surface area contributed by atoms with Gasteiger partial charge in [-0.3, -0.25) is 9.59 Å². The number of hydrogen-bond donors (Lipinski definition) is 1. The third-order valence-electron chi connectivity index (χ3n) is 4.74. The van der Waals surface area contributed by atoms with Gasteiger partial charge < -0.3 is 14.6 Å². The summed E-state index contributed by atoms with van der Waals surface area (Å²) in [5, 5.41) is 2.52. The molecule has 9 heteroatoms. The average Bonchev–Trinajstić information content (AvgIpc) is 3.17. The lowest BCUT2D eigenvalue weighted by Crippen LogP contribution is -2.49. The van der Waals surface area contributed by atoms with Crippen LogP contribution >= 0.6 is 0 Å². The van der Waals surface area contributed by atoms with Crippen molar-refractivity contribution in [3.05, 3.63) is 23.7 Å². The Kier molecular flexibility index (Phi) is 4.16. The molecule has 2 aliphatic rings. The summed E-state index contributed by atoms with van der Waals surface area (Å²) in [6, 6.07) is 2.26. The summed E-state index contributed by atoms with van der Waals surface area (Å²) in [6.07, 6.45) is 1.52. The minimum Gasteiger partial charge on any atom is -0.456 e. The van der Waals surface area contributed by atoms with E-state index in [1.807, 2.05) is 0 Å². The number of rotatable bonds is 3. The molecule has 0 aromatic carbocycles. The summed E-state index contributed by atoms with van der Waals surface area (Å²) >= 11 is 0. The summed E-state index contributed by atoms with van der Waals surface area (Å²) in [6.45, 7) is 2.45. The van der Waals surface area contributed by atoms with Crippen LogP contribution in [0.15, 0.2) is 16.5 Å². The molecule has 3 rings (SSSR count). The van der Waals surface area contributed by atoms with Crippen LogP contribution in [0.3, 0.4) is 0 Å². The molecule has 2 amide bonds. The lowest BCUT2D eigenvalue weighted by molar-refractivity contribution is -0.124. The molecule has 2 aliphatic heterocycles. The van der Waals surface area contributed by atoms with Crippen LogP contribution in [0.25, 0.3) is 0 Å². The monoisotopic (exact) mass is 355 g/mol. The van der Waals surface area contributed by atoms with E-state index in [1.165, 1.54) is 11.4 Å². The zero-order valence-electron chi connectivity index (χ0n) is 13.9. The number of nitrogens with one attached hydrogen (secondary N) is 1. The largest absolute Gasteiger partial charge is 0.456 e. The smallest absolute Gasteiger partial charge is 0.289 e. The Labute approximate surface area is 140 Å². The van der Waals surface area contributed by atoms with Crippen LogP contribution in [0.5, 0.6) is 0 Å². The number of carbonyl (C=O) groups excluding carboxylic acids is 2. The summed E-state index contributed by atoms with van der Waals surface area (Å²) in [4.78, 5) is 26.1. The second kappa shape index (κ2) is 5.89. The summed E-state index contributed by atoms with van der Waals surface area (Å²) in [5.74, 6) is 0.287. The molecule has 0 radical (unpaired) electrons. The normalized spacial score (nSPS) is 27.3. The van der Waals surface area contributed by atoms with Crippen LogP contribution in [0.2, 0.25) is 0 Å². The van der Waals surface area contributed by atoms with Gasteiger partial charge in [-0.1, -0.05) is 0 Å². The Morgan fingerprint density at radius 2 is 2.00 bits per heavy atom. The van der Waals surface area contributed by atoms with Gasteiger partial charge >= 0.3 is 0 Å². The van der Waals surface area contributed by atoms with Crippen LogP contribution in [0, 0.1) is 12.8 Å². The molecule has 0 unspecified atom stereocenters. The van der Waals surface area contributed by atoms with Crippen molar-refractivity contribution in [2.75, 3.05) is 26.4 Å². The molecule has 0 spiro atoms. The molecular formula is C15H21N3O5S. The first-order valence-corrected chi connectivity index (χ1v) is 9.63. The minimum atomic E-state index is -3.56. The summed E-state index contributed by atoms with van der Waals surface area (Å²) in [5.41, 5.74) is 0. The van der Waals surface area contributed by atoms with E-state index in [0.29, 0.717) is 18.7 Å². The zero-order chi connectivity index (χ0) is 17.6. The molecule has 2 fully saturated rings. The Hall–Kier alpha value is -1.87. The number of carbonyl (C=O) groups is 2. The predicted molar refractivity (Wildman–Crippen MR) is 85.8 cm³/mol. The van der Waals surface area contributed by atoms with E-state index in [0.717, 1.165) is 6.26 Å². The van der Waals surface area contributed by atoms with E-state index in [-0.39, 0.29) is 36.1 Å². The van der Waals surface area contributed by atoms with E-state index in [9.17, 15) is 18.0 Å². The SMILES string of the molecule is CNC(=O)[C@@H]1C[C@H]2CN(C(=O)c3ccc(C)o3)C[C@H]2N1S(C)(=O)=O. The zero-order valence-corrected chi connectivity index (χ0v) is 14.7. The topological polar surface area (TPSA) is 99.9 Å². The lowest BCUT2D eigenvalue weighted by atomic mass is 10.0. The molecule has 8 nitrogen and oxygen atoms in total. The molecule has 0 aliphatic carbocycles. The van der Waals surface area contributed by atoms with Gasteiger partial charge in [0.15, 0.2) is 5.76 Å². The van der Waals surface area contributed by atoms with Crippen molar-refractivity contribution in [1.29, 1.82) is 0 Å². The van der Waals surface area contributed by atoms with Crippen molar-refractivity contribution in [1.82, 2.24) is 14.5 Å². The first-order chi connectivity index (χ1) is 11.2. The number of nitrogens with zero attached hydrogens (tertiary/aromatic N) is 2. The molecule has 24 heavy (non-hydrogen) atoms. The molecule has 3 heterocycles. The predicted octanol–water partition coefficient (Wildman–Crippen LogP) is -0.191. The molecule has 1 N–H and O–H groups in total. The average molecular weight is 355 g/mol. The van der Waals surface area contributed by atoms with E-state index in [2.05, 4.69) is 5.32 Å². The molecule has 2 saturated heterocycles. The quantitative estimate of drug-likeness (QED) is 0.810. The number of sulfonamides is 1. The first kappa shape index (κ1) is 17.0. The Bertz CT molecular complexity index is 772. The fourth-order valence-electron chi connectivity index (χ4n) is 3.73. The molecule has 132 valence electrons. The van der Waals surface area contributed by atoms with Crippen molar-refractivity contribution < 1.29 is 22.4 Å². The Morgan fingerprint density at radius 1 is 1.29 bits per heavy atom. The fraction of sp³-hybridized carbons (Fsp3) is 0.600. The number of aryl methyl sites for hydroxylation is 1. The third-order valence-corrected chi connectivity index (χ3v) is 6.03. The highest BCUT2D eigenvalue weighted by atomic mass is 32.2. The van der Waals surface area contributed by atoms with Gasteiger partial charge in [-0.15, -0.1) is 0 Å². The third kappa shape index (κ3) is 2.82. The number of furan rings is 1. The molecular weight excluding hydrogens is 334 g/mol. The summed E-state index contributed by atoms with van der Waals surface area (Å²) < 4.78 is 31.0. The van der Waals surface area contributed by atoms with Gasteiger partial charge in [0.25, 0.3) is 5.91 Å². The highest BCUT2D eigenvalue weighted by molar-refractivity contribution is 7.88. The van der Waals surface area contributed by atoms with Crippen LogP contribution in [-0.2, 0) is 14.8 Å². The lowest BCUT2D eigenvalue weighted by Gasteiger charge is -2.27. The second-order valence-corrected chi connectivity index (χ2v) is 8.29. The molecule has 0 bridgehead atoms. The second-order valence-electron chi connectivity index (χ2n) is 6.41. The fourth-order valence-corrected chi connectivity index (χ4v) is 5.11.